The molecule has 18 heavy (non-hydrogen) atoms. The molecule has 0 radical (unpaired) electrons. The van der Waals surface area contributed by atoms with Crippen LogP contribution in [0.4, 0.5) is 0 Å². The van der Waals surface area contributed by atoms with Gasteiger partial charge in [0, 0.05) is 31.5 Å². The molecule has 1 aliphatic heterocycles. The van der Waals surface area contributed by atoms with Crippen LogP contribution in [0.1, 0.15) is 31.0 Å². The first-order chi connectivity index (χ1) is 8.86. The Hall–Kier alpha value is -1.06. The van der Waals surface area contributed by atoms with Gasteiger partial charge in [0.05, 0.1) is 19.3 Å². The van der Waals surface area contributed by atoms with Crippen LogP contribution in [0.5, 0.6) is 0 Å². The van der Waals surface area contributed by atoms with Crippen LogP contribution in [0, 0.1) is 0 Å². The van der Waals surface area contributed by atoms with E-state index in [9.17, 15) is 0 Å². The first-order valence-corrected chi connectivity index (χ1v) is 6.97. The summed E-state index contributed by atoms with van der Waals surface area (Å²) in [6.07, 6.45) is 10.7. The molecule has 1 aromatic heterocycles. The lowest BCUT2D eigenvalue weighted by atomic mass is 9.98. The highest BCUT2D eigenvalue weighted by molar-refractivity contribution is 5.14. The van der Waals surface area contributed by atoms with Gasteiger partial charge in [0.1, 0.15) is 0 Å². The van der Waals surface area contributed by atoms with E-state index in [2.05, 4.69) is 47.0 Å². The third-order valence-electron chi connectivity index (χ3n) is 4.15. The normalized spacial score (nSPS) is 29.6. The van der Waals surface area contributed by atoms with Crippen molar-refractivity contribution in [2.75, 3.05) is 19.8 Å². The summed E-state index contributed by atoms with van der Waals surface area (Å²) in [5.74, 6) is 0. The molecule has 0 N–H and O–H groups in total. The SMILES string of the molecule is Cn1cccc1C1COCCN1C1C=CCCC1. The zero-order valence-corrected chi connectivity index (χ0v) is 11.1. The zero-order valence-electron chi connectivity index (χ0n) is 11.1. The highest BCUT2D eigenvalue weighted by Crippen LogP contribution is 2.29. The highest BCUT2D eigenvalue weighted by atomic mass is 16.5. The molecule has 2 aliphatic rings. The molecule has 0 spiro atoms. The smallest absolute Gasteiger partial charge is 0.0742 e. The molecule has 0 aromatic carbocycles. The standard InChI is InChI=1S/C15H22N2O/c1-16-9-5-8-14(16)15-12-18-11-10-17(15)13-6-3-2-4-7-13/h3,5-6,8-9,13,15H,2,4,7,10-12H2,1H3. The van der Waals surface area contributed by atoms with E-state index in [4.69, 9.17) is 4.74 Å². The van der Waals surface area contributed by atoms with E-state index in [0.29, 0.717) is 12.1 Å². The van der Waals surface area contributed by atoms with Gasteiger partial charge in [0.15, 0.2) is 0 Å². The maximum atomic E-state index is 5.70. The fourth-order valence-electron chi connectivity index (χ4n) is 3.16. The molecular formula is C15H22N2O. The fourth-order valence-corrected chi connectivity index (χ4v) is 3.16. The van der Waals surface area contributed by atoms with Gasteiger partial charge in [0.2, 0.25) is 0 Å². The van der Waals surface area contributed by atoms with Gasteiger partial charge in [-0.3, -0.25) is 4.90 Å². The summed E-state index contributed by atoms with van der Waals surface area (Å²) in [4.78, 5) is 2.62. The molecule has 1 fully saturated rings. The number of rotatable bonds is 2. The second-order valence-electron chi connectivity index (χ2n) is 5.30. The minimum Gasteiger partial charge on any atom is -0.378 e. The van der Waals surface area contributed by atoms with Crippen LogP contribution in [-0.2, 0) is 11.8 Å². The second kappa shape index (κ2) is 5.29. The van der Waals surface area contributed by atoms with Crippen molar-refractivity contribution < 1.29 is 4.74 Å². The Morgan fingerprint density at radius 1 is 1.39 bits per heavy atom. The first kappa shape index (κ1) is 12.0. The predicted octanol–water partition coefficient (Wildman–Crippen LogP) is 2.51. The van der Waals surface area contributed by atoms with Crippen LogP contribution in [0.25, 0.3) is 0 Å². The summed E-state index contributed by atoms with van der Waals surface area (Å²) in [5.41, 5.74) is 1.37. The molecule has 2 heterocycles. The lowest BCUT2D eigenvalue weighted by Gasteiger charge is -2.41. The summed E-state index contributed by atoms with van der Waals surface area (Å²) in [5, 5.41) is 0. The number of aromatic nitrogens is 1. The Morgan fingerprint density at radius 2 is 2.33 bits per heavy atom. The summed E-state index contributed by atoms with van der Waals surface area (Å²) in [6.45, 7) is 2.73. The van der Waals surface area contributed by atoms with Gasteiger partial charge >= 0.3 is 0 Å². The molecule has 3 rings (SSSR count). The summed E-state index contributed by atoms with van der Waals surface area (Å²) >= 11 is 0. The van der Waals surface area contributed by atoms with Gasteiger partial charge in [-0.05, 0) is 31.4 Å². The van der Waals surface area contributed by atoms with E-state index >= 15 is 0 Å². The van der Waals surface area contributed by atoms with Crippen LogP contribution >= 0.6 is 0 Å². The highest BCUT2D eigenvalue weighted by Gasteiger charge is 2.30. The number of hydrogen-bond acceptors (Lipinski definition) is 2. The molecule has 1 aromatic rings. The number of morpholine rings is 1. The van der Waals surface area contributed by atoms with E-state index in [-0.39, 0.29) is 0 Å². The van der Waals surface area contributed by atoms with E-state index in [1.54, 1.807) is 0 Å². The summed E-state index contributed by atoms with van der Waals surface area (Å²) < 4.78 is 7.92. The maximum Gasteiger partial charge on any atom is 0.0742 e. The molecule has 1 aliphatic carbocycles. The van der Waals surface area contributed by atoms with Crippen molar-refractivity contribution in [3.05, 3.63) is 36.2 Å². The van der Waals surface area contributed by atoms with Gasteiger partial charge in [-0.2, -0.15) is 0 Å². The van der Waals surface area contributed by atoms with Crippen molar-refractivity contribution in [1.29, 1.82) is 0 Å². The summed E-state index contributed by atoms with van der Waals surface area (Å²) in [6, 6.07) is 5.35. The molecule has 3 nitrogen and oxygen atoms in total. The van der Waals surface area contributed by atoms with Crippen LogP contribution in [-0.4, -0.2) is 35.3 Å². The van der Waals surface area contributed by atoms with Crippen molar-refractivity contribution in [2.24, 2.45) is 7.05 Å². The molecule has 0 bridgehead atoms. The topological polar surface area (TPSA) is 17.4 Å². The Labute approximate surface area is 109 Å². The van der Waals surface area contributed by atoms with Gasteiger partial charge < -0.3 is 9.30 Å². The Morgan fingerprint density at radius 3 is 3.06 bits per heavy atom. The summed E-state index contributed by atoms with van der Waals surface area (Å²) in [7, 11) is 2.12. The molecule has 2 atom stereocenters. The number of nitrogens with zero attached hydrogens (tertiary/aromatic N) is 2. The molecule has 2 unspecified atom stereocenters. The van der Waals surface area contributed by atoms with Crippen LogP contribution < -0.4 is 0 Å². The minimum atomic E-state index is 0.409. The quantitative estimate of drug-likeness (QED) is 0.746. The van der Waals surface area contributed by atoms with Gasteiger partial charge in [-0.25, -0.2) is 0 Å². The van der Waals surface area contributed by atoms with E-state index in [0.717, 1.165) is 19.8 Å². The minimum absolute atomic E-state index is 0.409. The third-order valence-corrected chi connectivity index (χ3v) is 4.15. The van der Waals surface area contributed by atoms with Gasteiger partial charge in [-0.1, -0.05) is 12.2 Å². The number of aryl methyl sites for hydroxylation is 1. The Bertz CT molecular complexity index is 424. The molecule has 0 saturated carbocycles. The van der Waals surface area contributed by atoms with Crippen molar-refractivity contribution in [3.63, 3.8) is 0 Å². The maximum absolute atomic E-state index is 5.70. The lowest BCUT2D eigenvalue weighted by Crippen LogP contribution is -2.46. The lowest BCUT2D eigenvalue weighted by molar-refractivity contribution is -0.0260. The van der Waals surface area contributed by atoms with Gasteiger partial charge in [-0.15, -0.1) is 0 Å². The van der Waals surface area contributed by atoms with E-state index in [1.807, 2.05) is 0 Å². The average molecular weight is 246 g/mol. The first-order valence-electron chi connectivity index (χ1n) is 6.97. The van der Waals surface area contributed by atoms with Gasteiger partial charge in [0.25, 0.3) is 0 Å². The van der Waals surface area contributed by atoms with Crippen LogP contribution in [0.2, 0.25) is 0 Å². The molecule has 0 amide bonds. The number of hydrogen-bond donors (Lipinski definition) is 0. The number of allylic oxidation sites excluding steroid dienone is 1. The van der Waals surface area contributed by atoms with Crippen LogP contribution in [0.15, 0.2) is 30.5 Å². The molecule has 98 valence electrons. The number of ether oxygens (including phenoxy) is 1. The van der Waals surface area contributed by atoms with Crippen molar-refractivity contribution in [3.8, 4) is 0 Å². The second-order valence-corrected chi connectivity index (χ2v) is 5.30. The Kier molecular flexibility index (Phi) is 3.52. The molecular weight excluding hydrogens is 224 g/mol. The molecule has 3 heteroatoms. The zero-order chi connectivity index (χ0) is 12.4. The van der Waals surface area contributed by atoms with Crippen LogP contribution in [0.3, 0.4) is 0 Å². The largest absolute Gasteiger partial charge is 0.378 e. The van der Waals surface area contributed by atoms with Crippen molar-refractivity contribution in [1.82, 2.24) is 9.47 Å². The van der Waals surface area contributed by atoms with E-state index < -0.39 is 0 Å². The molecule has 1 saturated heterocycles. The Balaban J connectivity index is 1.84. The van der Waals surface area contributed by atoms with Crippen molar-refractivity contribution >= 4 is 0 Å². The third kappa shape index (κ3) is 2.25. The predicted molar refractivity (Wildman–Crippen MR) is 72.5 cm³/mol. The van der Waals surface area contributed by atoms with Crippen molar-refractivity contribution in [2.45, 2.75) is 31.3 Å². The fraction of sp³-hybridized carbons (Fsp3) is 0.600. The monoisotopic (exact) mass is 246 g/mol. The average Bonchev–Trinajstić information content (AvgIpc) is 2.86. The van der Waals surface area contributed by atoms with E-state index in [1.165, 1.54) is 25.0 Å².